The molecule has 1 heterocycles. The van der Waals surface area contributed by atoms with Crippen LogP contribution in [0.5, 0.6) is 11.6 Å². The smallest absolute Gasteiger partial charge is 0.242 e. The molecule has 7 heteroatoms. The molecule has 1 aromatic carbocycles. The Bertz CT molecular complexity index is 565. The Hall–Kier alpha value is -0.550. The third-order valence-corrected chi connectivity index (χ3v) is 3.01. The predicted molar refractivity (Wildman–Crippen MR) is 71.3 cm³/mol. The second kappa shape index (κ2) is 5.40. The highest BCUT2D eigenvalue weighted by Gasteiger charge is 2.09. The first-order chi connectivity index (χ1) is 8.06. The number of hydrogen-bond donors (Lipinski definition) is 0. The monoisotopic (exact) mass is 352 g/mol. The van der Waals surface area contributed by atoms with Crippen molar-refractivity contribution >= 4 is 50.7 Å². The molecular formula is C10H4BrCl3N2O. The molecule has 0 fully saturated rings. The van der Waals surface area contributed by atoms with E-state index in [0.717, 1.165) is 4.47 Å². The molecule has 0 aliphatic heterocycles. The van der Waals surface area contributed by atoms with E-state index in [1.165, 1.54) is 6.20 Å². The maximum atomic E-state index is 6.00. The van der Waals surface area contributed by atoms with Gasteiger partial charge in [-0.25, -0.2) is 4.98 Å². The highest BCUT2D eigenvalue weighted by atomic mass is 79.9. The number of halogens is 4. The summed E-state index contributed by atoms with van der Waals surface area (Å²) in [5.41, 5.74) is 0. The summed E-state index contributed by atoms with van der Waals surface area (Å²) in [6.45, 7) is 0. The summed E-state index contributed by atoms with van der Waals surface area (Å²) < 4.78 is 6.30. The largest absolute Gasteiger partial charge is 0.436 e. The van der Waals surface area contributed by atoms with E-state index in [0.29, 0.717) is 10.8 Å². The molecule has 3 nitrogen and oxygen atoms in total. The normalized spacial score (nSPS) is 10.4. The molecule has 2 rings (SSSR count). The van der Waals surface area contributed by atoms with Gasteiger partial charge in [0, 0.05) is 4.47 Å². The number of rotatable bonds is 2. The highest BCUT2D eigenvalue weighted by molar-refractivity contribution is 9.10. The van der Waals surface area contributed by atoms with Crippen LogP contribution >= 0.6 is 50.7 Å². The topological polar surface area (TPSA) is 35.0 Å². The molecule has 2 aromatic rings. The van der Waals surface area contributed by atoms with Crippen LogP contribution in [0.2, 0.25) is 15.3 Å². The Morgan fingerprint density at radius 3 is 2.59 bits per heavy atom. The minimum Gasteiger partial charge on any atom is -0.436 e. The number of hydrogen-bond acceptors (Lipinski definition) is 3. The Morgan fingerprint density at radius 2 is 1.88 bits per heavy atom. The van der Waals surface area contributed by atoms with Gasteiger partial charge >= 0.3 is 0 Å². The molecule has 0 bridgehead atoms. The molecule has 0 amide bonds. The lowest BCUT2D eigenvalue weighted by Gasteiger charge is -2.07. The van der Waals surface area contributed by atoms with Crippen LogP contribution in [-0.4, -0.2) is 9.97 Å². The lowest BCUT2D eigenvalue weighted by Crippen LogP contribution is -1.92. The van der Waals surface area contributed by atoms with E-state index in [4.69, 9.17) is 39.5 Å². The molecule has 1 aromatic heterocycles. The first kappa shape index (κ1) is 12.9. The van der Waals surface area contributed by atoms with E-state index in [-0.39, 0.29) is 16.2 Å². The van der Waals surface area contributed by atoms with Crippen molar-refractivity contribution in [3.05, 3.63) is 44.2 Å². The SMILES string of the molecule is Clc1ncc(Cl)c(Oc2ccc(Br)cc2Cl)n1. The van der Waals surface area contributed by atoms with Crippen molar-refractivity contribution in [3.63, 3.8) is 0 Å². The van der Waals surface area contributed by atoms with Crippen LogP contribution < -0.4 is 4.74 Å². The van der Waals surface area contributed by atoms with Crippen LogP contribution in [-0.2, 0) is 0 Å². The maximum Gasteiger partial charge on any atom is 0.242 e. The van der Waals surface area contributed by atoms with Crippen LogP contribution in [0.25, 0.3) is 0 Å². The zero-order valence-electron chi connectivity index (χ0n) is 8.12. The number of benzene rings is 1. The fourth-order valence-corrected chi connectivity index (χ4v) is 2.03. The molecule has 0 aliphatic carbocycles. The fourth-order valence-electron chi connectivity index (χ4n) is 1.06. The molecule has 0 unspecified atom stereocenters. The zero-order valence-corrected chi connectivity index (χ0v) is 12.0. The van der Waals surface area contributed by atoms with Gasteiger partial charge in [-0.1, -0.05) is 39.1 Å². The Balaban J connectivity index is 2.34. The van der Waals surface area contributed by atoms with Gasteiger partial charge in [0.2, 0.25) is 11.2 Å². The van der Waals surface area contributed by atoms with Gasteiger partial charge in [-0.05, 0) is 29.8 Å². The van der Waals surface area contributed by atoms with Crippen molar-refractivity contribution in [2.45, 2.75) is 0 Å². The minimum atomic E-state index is 0.0534. The quantitative estimate of drug-likeness (QED) is 0.713. The molecule has 0 radical (unpaired) electrons. The summed E-state index contributed by atoms with van der Waals surface area (Å²) in [6.07, 6.45) is 1.36. The zero-order chi connectivity index (χ0) is 12.4. The average molecular weight is 354 g/mol. The molecule has 0 saturated carbocycles. The highest BCUT2D eigenvalue weighted by Crippen LogP contribution is 2.33. The number of ether oxygens (including phenoxy) is 1. The first-order valence-corrected chi connectivity index (χ1v) is 6.30. The van der Waals surface area contributed by atoms with E-state index in [9.17, 15) is 0 Å². The summed E-state index contributed by atoms with van der Waals surface area (Å²) >= 11 is 20.8. The Kier molecular flexibility index (Phi) is 4.09. The fraction of sp³-hybridized carbons (Fsp3) is 0. The minimum absolute atomic E-state index is 0.0534. The molecule has 17 heavy (non-hydrogen) atoms. The summed E-state index contributed by atoms with van der Waals surface area (Å²) in [6, 6.07) is 5.18. The lowest BCUT2D eigenvalue weighted by atomic mass is 10.3. The van der Waals surface area contributed by atoms with Crippen molar-refractivity contribution in [2.24, 2.45) is 0 Å². The van der Waals surface area contributed by atoms with Crippen molar-refractivity contribution < 1.29 is 4.74 Å². The van der Waals surface area contributed by atoms with Gasteiger partial charge in [0.15, 0.2) is 0 Å². The molecule has 0 atom stereocenters. The Labute approximate surface area is 121 Å². The van der Waals surface area contributed by atoms with Gasteiger partial charge in [0.05, 0.1) is 11.2 Å². The third-order valence-electron chi connectivity index (χ3n) is 1.78. The van der Waals surface area contributed by atoms with Crippen molar-refractivity contribution in [1.82, 2.24) is 9.97 Å². The van der Waals surface area contributed by atoms with Gasteiger partial charge in [-0.15, -0.1) is 0 Å². The second-order valence-corrected chi connectivity index (χ2v) is 5.04. The van der Waals surface area contributed by atoms with E-state index < -0.39 is 0 Å². The first-order valence-electron chi connectivity index (χ1n) is 4.37. The number of nitrogens with zero attached hydrogens (tertiary/aromatic N) is 2. The van der Waals surface area contributed by atoms with Crippen molar-refractivity contribution in [3.8, 4) is 11.6 Å². The van der Waals surface area contributed by atoms with Crippen LogP contribution in [0.1, 0.15) is 0 Å². The Morgan fingerprint density at radius 1 is 1.12 bits per heavy atom. The van der Waals surface area contributed by atoms with Gasteiger partial charge < -0.3 is 4.74 Å². The van der Waals surface area contributed by atoms with Crippen LogP contribution in [0.3, 0.4) is 0 Å². The third kappa shape index (κ3) is 3.22. The summed E-state index contributed by atoms with van der Waals surface area (Å²) in [4.78, 5) is 7.58. The maximum absolute atomic E-state index is 6.00. The van der Waals surface area contributed by atoms with Crippen LogP contribution in [0.4, 0.5) is 0 Å². The predicted octanol–water partition coefficient (Wildman–Crippen LogP) is 4.99. The van der Waals surface area contributed by atoms with Crippen molar-refractivity contribution in [1.29, 1.82) is 0 Å². The van der Waals surface area contributed by atoms with Crippen molar-refractivity contribution in [2.75, 3.05) is 0 Å². The number of aromatic nitrogens is 2. The molecule has 88 valence electrons. The van der Waals surface area contributed by atoms with E-state index in [1.54, 1.807) is 18.2 Å². The van der Waals surface area contributed by atoms with Crippen LogP contribution in [0.15, 0.2) is 28.9 Å². The van der Waals surface area contributed by atoms with Crippen LogP contribution in [0, 0.1) is 0 Å². The molecule has 0 spiro atoms. The summed E-state index contributed by atoms with van der Waals surface area (Å²) in [7, 11) is 0. The van der Waals surface area contributed by atoms with E-state index in [1.807, 2.05) is 0 Å². The average Bonchev–Trinajstić information content (AvgIpc) is 2.27. The summed E-state index contributed by atoms with van der Waals surface area (Å²) in [5.74, 6) is 0.599. The lowest BCUT2D eigenvalue weighted by molar-refractivity contribution is 0.462. The molecule has 0 N–H and O–H groups in total. The van der Waals surface area contributed by atoms with Gasteiger partial charge in [-0.3, -0.25) is 0 Å². The molecule has 0 aliphatic rings. The second-order valence-electron chi connectivity index (χ2n) is 2.97. The van der Waals surface area contributed by atoms with Gasteiger partial charge in [0.25, 0.3) is 0 Å². The van der Waals surface area contributed by atoms with Gasteiger partial charge in [-0.2, -0.15) is 4.98 Å². The standard InChI is InChI=1S/C10H4BrCl3N2O/c11-5-1-2-8(6(12)3-5)17-9-7(13)4-15-10(14)16-9/h1-4H. The molecular weight excluding hydrogens is 350 g/mol. The summed E-state index contributed by atoms with van der Waals surface area (Å²) in [5, 5.41) is 0.746. The molecule has 0 saturated heterocycles. The van der Waals surface area contributed by atoms with E-state index in [2.05, 4.69) is 25.9 Å². The van der Waals surface area contributed by atoms with Gasteiger partial charge in [0.1, 0.15) is 10.8 Å². The van der Waals surface area contributed by atoms with E-state index >= 15 is 0 Å².